The maximum Gasteiger partial charge on any atom is 0.0891 e. The summed E-state index contributed by atoms with van der Waals surface area (Å²) in [5.74, 6) is 0. The van der Waals surface area contributed by atoms with Gasteiger partial charge >= 0.3 is 0 Å². The Labute approximate surface area is 89.9 Å². The first-order chi connectivity index (χ1) is 7.19. The van der Waals surface area contributed by atoms with Crippen molar-refractivity contribution in [3.8, 4) is 0 Å². The lowest BCUT2D eigenvalue weighted by Crippen LogP contribution is -2.23. The lowest BCUT2D eigenvalue weighted by atomic mass is 9.88. The predicted octanol–water partition coefficient (Wildman–Crippen LogP) is 3.18. The average molecular weight is 203 g/mol. The molecule has 80 valence electrons. The molecule has 2 heteroatoms. The van der Waals surface area contributed by atoms with Crippen molar-refractivity contribution in [2.24, 2.45) is 0 Å². The summed E-state index contributed by atoms with van der Waals surface area (Å²) < 4.78 is 0. The Morgan fingerprint density at radius 1 is 1.20 bits per heavy atom. The normalized spacial score (nSPS) is 12.2. The molecule has 0 bridgehead atoms. The van der Waals surface area contributed by atoms with Crippen LogP contribution in [0, 0.1) is 0 Å². The van der Waals surface area contributed by atoms with Gasteiger partial charge in [0, 0.05) is 11.7 Å². The van der Waals surface area contributed by atoms with Crippen LogP contribution in [-0.2, 0) is 5.60 Å². The molecule has 2 N–H and O–H groups in total. The highest BCUT2D eigenvalue weighted by Crippen LogP contribution is 2.30. The van der Waals surface area contributed by atoms with Gasteiger partial charge in [-0.3, -0.25) is 0 Å². The summed E-state index contributed by atoms with van der Waals surface area (Å²) in [4.78, 5) is 3.15. The van der Waals surface area contributed by atoms with Crippen LogP contribution in [0.3, 0.4) is 0 Å². The van der Waals surface area contributed by atoms with Crippen LogP contribution in [0.4, 0.5) is 0 Å². The highest BCUT2D eigenvalue weighted by atomic mass is 16.3. The molecule has 2 rings (SSSR count). The molecule has 0 atom stereocenters. The van der Waals surface area contributed by atoms with Gasteiger partial charge in [-0.2, -0.15) is 0 Å². The summed E-state index contributed by atoms with van der Waals surface area (Å²) in [6.45, 7) is 4.04. The number of hydrogen-bond donors (Lipinski definition) is 2. The molecule has 0 amide bonds. The smallest absolute Gasteiger partial charge is 0.0891 e. The maximum absolute atomic E-state index is 10.4. The largest absolute Gasteiger partial charge is 0.385 e. The van der Waals surface area contributed by atoms with Crippen molar-refractivity contribution in [1.82, 2.24) is 4.98 Å². The number of aliphatic hydroxyl groups is 1. The Morgan fingerprint density at radius 2 is 1.93 bits per heavy atom. The van der Waals surface area contributed by atoms with E-state index in [9.17, 15) is 5.11 Å². The Morgan fingerprint density at radius 3 is 2.60 bits per heavy atom. The highest BCUT2D eigenvalue weighted by molar-refractivity contribution is 5.80. The van der Waals surface area contributed by atoms with E-state index >= 15 is 0 Å². The molecule has 15 heavy (non-hydrogen) atoms. The van der Waals surface area contributed by atoms with E-state index in [1.165, 1.54) is 0 Å². The lowest BCUT2D eigenvalue weighted by Gasteiger charge is -2.25. The topological polar surface area (TPSA) is 36.0 Å². The van der Waals surface area contributed by atoms with E-state index in [-0.39, 0.29) is 0 Å². The molecule has 0 aliphatic carbocycles. The van der Waals surface area contributed by atoms with Crippen LogP contribution in [-0.4, -0.2) is 10.1 Å². The monoisotopic (exact) mass is 203 g/mol. The second kappa shape index (κ2) is 3.70. The van der Waals surface area contributed by atoms with E-state index in [0.29, 0.717) is 0 Å². The number of H-pyrrole nitrogens is 1. The molecule has 1 heterocycles. The van der Waals surface area contributed by atoms with Gasteiger partial charge < -0.3 is 10.1 Å². The molecule has 0 fully saturated rings. The van der Waals surface area contributed by atoms with Crippen LogP contribution in [0.15, 0.2) is 30.5 Å². The standard InChI is InChI=1S/C13H17NO/c1-3-13(15,4-2)11-5-6-12-10(9-11)7-8-14-12/h5-9,14-15H,3-4H2,1-2H3. The van der Waals surface area contributed by atoms with Crippen LogP contribution in [0.1, 0.15) is 32.3 Å². The van der Waals surface area contributed by atoms with Crippen LogP contribution in [0.5, 0.6) is 0 Å². The van der Waals surface area contributed by atoms with Crippen LogP contribution < -0.4 is 0 Å². The predicted molar refractivity (Wildman–Crippen MR) is 62.8 cm³/mol. The van der Waals surface area contributed by atoms with E-state index in [4.69, 9.17) is 0 Å². The van der Waals surface area contributed by atoms with Crippen LogP contribution in [0.2, 0.25) is 0 Å². The van der Waals surface area contributed by atoms with E-state index in [1.807, 2.05) is 38.2 Å². The molecule has 0 unspecified atom stereocenters. The Kier molecular flexibility index (Phi) is 2.53. The van der Waals surface area contributed by atoms with E-state index in [0.717, 1.165) is 29.3 Å². The van der Waals surface area contributed by atoms with Gasteiger partial charge in [0.1, 0.15) is 0 Å². The van der Waals surface area contributed by atoms with Gasteiger partial charge in [0.15, 0.2) is 0 Å². The number of nitrogens with one attached hydrogen (secondary N) is 1. The lowest BCUT2D eigenvalue weighted by molar-refractivity contribution is 0.0285. The third-order valence-electron chi connectivity index (χ3n) is 3.26. The van der Waals surface area contributed by atoms with Gasteiger partial charge in [-0.05, 0) is 42.0 Å². The molecular formula is C13H17NO. The minimum atomic E-state index is -0.675. The van der Waals surface area contributed by atoms with E-state index in [2.05, 4.69) is 11.1 Å². The minimum Gasteiger partial charge on any atom is -0.385 e. The summed E-state index contributed by atoms with van der Waals surface area (Å²) in [5.41, 5.74) is 1.46. The van der Waals surface area contributed by atoms with Crippen molar-refractivity contribution in [3.63, 3.8) is 0 Å². The van der Waals surface area contributed by atoms with Crippen molar-refractivity contribution >= 4 is 10.9 Å². The average Bonchev–Trinajstić information content (AvgIpc) is 2.74. The summed E-state index contributed by atoms with van der Waals surface area (Å²) in [7, 11) is 0. The van der Waals surface area contributed by atoms with Crippen molar-refractivity contribution in [2.45, 2.75) is 32.3 Å². The Hall–Kier alpha value is -1.28. The fraction of sp³-hybridized carbons (Fsp3) is 0.385. The van der Waals surface area contributed by atoms with Crippen molar-refractivity contribution in [2.75, 3.05) is 0 Å². The zero-order chi connectivity index (χ0) is 10.9. The SMILES string of the molecule is CCC(O)(CC)c1ccc2[nH]ccc2c1. The molecule has 0 saturated carbocycles. The van der Waals surface area contributed by atoms with Crippen molar-refractivity contribution < 1.29 is 5.11 Å². The fourth-order valence-corrected chi connectivity index (χ4v) is 2.00. The number of rotatable bonds is 3. The Bertz CT molecular complexity index is 454. The second-order valence-corrected chi connectivity index (χ2v) is 4.02. The fourth-order valence-electron chi connectivity index (χ4n) is 2.00. The van der Waals surface area contributed by atoms with Gasteiger partial charge in [-0.1, -0.05) is 19.9 Å². The van der Waals surface area contributed by atoms with Crippen LogP contribution >= 0.6 is 0 Å². The summed E-state index contributed by atoms with van der Waals surface area (Å²) >= 11 is 0. The number of fused-ring (bicyclic) bond motifs is 1. The van der Waals surface area contributed by atoms with Gasteiger partial charge in [-0.25, -0.2) is 0 Å². The molecule has 0 saturated heterocycles. The van der Waals surface area contributed by atoms with Gasteiger partial charge in [0.25, 0.3) is 0 Å². The quantitative estimate of drug-likeness (QED) is 0.789. The van der Waals surface area contributed by atoms with Gasteiger partial charge in [0.05, 0.1) is 5.60 Å². The van der Waals surface area contributed by atoms with Crippen molar-refractivity contribution in [1.29, 1.82) is 0 Å². The molecule has 1 aromatic carbocycles. The minimum absolute atomic E-state index is 0.675. The van der Waals surface area contributed by atoms with E-state index in [1.54, 1.807) is 0 Å². The molecule has 1 aromatic heterocycles. The molecular weight excluding hydrogens is 186 g/mol. The summed E-state index contributed by atoms with van der Waals surface area (Å²) in [5, 5.41) is 11.5. The zero-order valence-corrected chi connectivity index (χ0v) is 9.25. The van der Waals surface area contributed by atoms with Crippen LogP contribution in [0.25, 0.3) is 10.9 Å². The highest BCUT2D eigenvalue weighted by Gasteiger charge is 2.24. The maximum atomic E-state index is 10.4. The van der Waals surface area contributed by atoms with Crippen molar-refractivity contribution in [3.05, 3.63) is 36.0 Å². The first-order valence-corrected chi connectivity index (χ1v) is 5.49. The zero-order valence-electron chi connectivity index (χ0n) is 9.25. The number of aromatic nitrogens is 1. The molecule has 2 nitrogen and oxygen atoms in total. The number of hydrogen-bond acceptors (Lipinski definition) is 1. The molecule has 0 radical (unpaired) electrons. The molecule has 0 spiro atoms. The first-order valence-electron chi connectivity index (χ1n) is 5.49. The van der Waals surface area contributed by atoms with E-state index < -0.39 is 5.60 Å². The molecule has 2 aromatic rings. The van der Waals surface area contributed by atoms with Gasteiger partial charge in [-0.15, -0.1) is 0 Å². The number of benzene rings is 1. The molecule has 0 aliphatic heterocycles. The number of aromatic amines is 1. The summed E-state index contributed by atoms with van der Waals surface area (Å²) in [6.07, 6.45) is 3.42. The van der Waals surface area contributed by atoms with Gasteiger partial charge in [0.2, 0.25) is 0 Å². The summed E-state index contributed by atoms with van der Waals surface area (Å²) in [6, 6.07) is 8.14. The third-order valence-corrected chi connectivity index (χ3v) is 3.26. The second-order valence-electron chi connectivity index (χ2n) is 4.02. The Balaban J connectivity index is 2.51. The first kappa shape index (κ1) is 10.2. The third kappa shape index (κ3) is 1.65. The molecule has 0 aliphatic rings.